The summed E-state index contributed by atoms with van der Waals surface area (Å²) < 4.78 is 18.5. The summed E-state index contributed by atoms with van der Waals surface area (Å²) >= 11 is 0. The average Bonchev–Trinajstić information content (AvgIpc) is 2.23. The normalized spacial score (nSPS) is 12.6. The molecule has 0 fully saturated rings. The highest BCUT2D eigenvalue weighted by molar-refractivity contribution is 5.48. The van der Waals surface area contributed by atoms with Crippen LogP contribution in [0.2, 0.25) is 0 Å². The molecule has 1 unspecified atom stereocenters. The standard InChI is InChI=1S/C11H16FNO2/c1-6-4-8(7(2)5-13)10(14)9(12)11(6)15-3/h4,7,14H,5,13H2,1-3H3. The van der Waals surface area contributed by atoms with Gasteiger partial charge in [0.15, 0.2) is 11.5 Å². The number of hydrogen-bond donors (Lipinski definition) is 2. The van der Waals surface area contributed by atoms with Gasteiger partial charge in [-0.3, -0.25) is 0 Å². The zero-order chi connectivity index (χ0) is 11.6. The van der Waals surface area contributed by atoms with Crippen LogP contribution in [-0.2, 0) is 0 Å². The Labute approximate surface area is 88.7 Å². The third-order valence-corrected chi connectivity index (χ3v) is 2.50. The van der Waals surface area contributed by atoms with Crippen molar-refractivity contribution in [2.45, 2.75) is 19.8 Å². The average molecular weight is 213 g/mol. The molecule has 0 radical (unpaired) electrons. The largest absolute Gasteiger partial charge is 0.505 e. The number of phenolic OH excluding ortho intramolecular Hbond substituents is 1. The van der Waals surface area contributed by atoms with Gasteiger partial charge >= 0.3 is 0 Å². The molecule has 0 amide bonds. The van der Waals surface area contributed by atoms with Gasteiger partial charge < -0.3 is 15.6 Å². The van der Waals surface area contributed by atoms with E-state index in [9.17, 15) is 9.50 Å². The van der Waals surface area contributed by atoms with Gasteiger partial charge in [0.05, 0.1) is 7.11 Å². The van der Waals surface area contributed by atoms with Gasteiger partial charge in [0.25, 0.3) is 0 Å². The maximum absolute atomic E-state index is 13.6. The molecule has 1 aromatic rings. The van der Waals surface area contributed by atoms with Crippen LogP contribution in [-0.4, -0.2) is 18.8 Å². The summed E-state index contributed by atoms with van der Waals surface area (Å²) in [6.45, 7) is 3.92. The summed E-state index contributed by atoms with van der Waals surface area (Å²) in [7, 11) is 1.37. The maximum Gasteiger partial charge on any atom is 0.207 e. The minimum absolute atomic E-state index is 0.0795. The Hall–Kier alpha value is -1.29. The van der Waals surface area contributed by atoms with Crippen molar-refractivity contribution in [3.8, 4) is 11.5 Å². The highest BCUT2D eigenvalue weighted by Gasteiger charge is 2.19. The molecule has 0 saturated heterocycles. The molecule has 1 rings (SSSR count). The smallest absolute Gasteiger partial charge is 0.207 e. The van der Waals surface area contributed by atoms with E-state index >= 15 is 0 Å². The third kappa shape index (κ3) is 2.04. The third-order valence-electron chi connectivity index (χ3n) is 2.50. The zero-order valence-corrected chi connectivity index (χ0v) is 9.17. The van der Waals surface area contributed by atoms with E-state index < -0.39 is 5.82 Å². The highest BCUT2D eigenvalue weighted by Crippen LogP contribution is 2.36. The first-order chi connectivity index (χ1) is 7.02. The van der Waals surface area contributed by atoms with Crippen LogP contribution >= 0.6 is 0 Å². The van der Waals surface area contributed by atoms with E-state index in [2.05, 4.69) is 0 Å². The van der Waals surface area contributed by atoms with Crippen LogP contribution in [0.4, 0.5) is 4.39 Å². The Morgan fingerprint density at radius 3 is 2.67 bits per heavy atom. The van der Waals surface area contributed by atoms with Crippen molar-refractivity contribution in [3.05, 3.63) is 23.0 Å². The fourth-order valence-electron chi connectivity index (χ4n) is 1.53. The minimum atomic E-state index is -0.715. The molecular weight excluding hydrogens is 197 g/mol. The van der Waals surface area contributed by atoms with Crippen LogP contribution in [0.1, 0.15) is 24.0 Å². The summed E-state index contributed by atoms with van der Waals surface area (Å²) in [5.74, 6) is -1.08. The molecule has 84 valence electrons. The maximum atomic E-state index is 13.6. The molecule has 0 aromatic heterocycles. The number of hydrogen-bond acceptors (Lipinski definition) is 3. The number of nitrogens with two attached hydrogens (primary N) is 1. The van der Waals surface area contributed by atoms with Crippen LogP contribution in [0.15, 0.2) is 6.07 Å². The number of benzene rings is 1. The molecular formula is C11H16FNO2. The molecule has 1 aromatic carbocycles. The number of halogens is 1. The van der Waals surface area contributed by atoms with Gasteiger partial charge in [0, 0.05) is 5.56 Å². The molecule has 0 aliphatic carbocycles. The predicted molar refractivity (Wildman–Crippen MR) is 56.8 cm³/mol. The molecule has 0 bridgehead atoms. The molecule has 0 aliphatic rings. The lowest BCUT2D eigenvalue weighted by Crippen LogP contribution is -2.10. The number of rotatable bonds is 3. The van der Waals surface area contributed by atoms with Crippen molar-refractivity contribution < 1.29 is 14.2 Å². The van der Waals surface area contributed by atoms with Crippen molar-refractivity contribution in [3.63, 3.8) is 0 Å². The van der Waals surface area contributed by atoms with Crippen LogP contribution in [0.3, 0.4) is 0 Å². The number of ether oxygens (including phenoxy) is 1. The SMILES string of the molecule is COc1c(C)cc(C(C)CN)c(O)c1F. The van der Waals surface area contributed by atoms with Crippen LogP contribution in [0, 0.1) is 12.7 Å². The summed E-state index contributed by atoms with van der Waals surface area (Å²) in [5.41, 5.74) is 6.66. The molecule has 3 nitrogen and oxygen atoms in total. The molecule has 1 atom stereocenters. The second-order valence-electron chi connectivity index (χ2n) is 3.62. The van der Waals surface area contributed by atoms with E-state index in [1.165, 1.54) is 7.11 Å². The van der Waals surface area contributed by atoms with Gasteiger partial charge in [-0.25, -0.2) is 0 Å². The first-order valence-corrected chi connectivity index (χ1v) is 4.78. The second kappa shape index (κ2) is 4.49. The van der Waals surface area contributed by atoms with Gasteiger partial charge in [-0.15, -0.1) is 0 Å². The lowest BCUT2D eigenvalue weighted by molar-refractivity contribution is 0.358. The monoisotopic (exact) mass is 213 g/mol. The van der Waals surface area contributed by atoms with Gasteiger partial charge in [0.2, 0.25) is 5.82 Å². The number of aryl methyl sites for hydroxylation is 1. The first kappa shape index (κ1) is 11.8. The Balaban J connectivity index is 3.33. The van der Waals surface area contributed by atoms with Crippen molar-refractivity contribution in [2.24, 2.45) is 5.73 Å². The summed E-state index contributed by atoms with van der Waals surface area (Å²) in [6.07, 6.45) is 0. The Morgan fingerprint density at radius 2 is 2.20 bits per heavy atom. The summed E-state index contributed by atoms with van der Waals surface area (Å²) in [5, 5.41) is 9.62. The van der Waals surface area contributed by atoms with E-state index in [-0.39, 0.29) is 17.4 Å². The van der Waals surface area contributed by atoms with E-state index in [0.717, 1.165) is 0 Å². The molecule has 0 saturated carbocycles. The number of aromatic hydroxyl groups is 1. The molecule has 0 heterocycles. The fourth-order valence-corrected chi connectivity index (χ4v) is 1.53. The van der Waals surface area contributed by atoms with Crippen molar-refractivity contribution in [1.82, 2.24) is 0 Å². The van der Waals surface area contributed by atoms with Gasteiger partial charge in [-0.05, 0) is 31.0 Å². The Kier molecular flexibility index (Phi) is 3.52. The molecule has 0 spiro atoms. The predicted octanol–water partition coefficient (Wildman–Crippen LogP) is 1.91. The van der Waals surface area contributed by atoms with Crippen molar-refractivity contribution in [1.29, 1.82) is 0 Å². The van der Waals surface area contributed by atoms with Crippen LogP contribution in [0.5, 0.6) is 11.5 Å². The molecule has 4 heteroatoms. The highest BCUT2D eigenvalue weighted by atomic mass is 19.1. The van der Waals surface area contributed by atoms with E-state index in [1.807, 2.05) is 6.92 Å². The van der Waals surface area contributed by atoms with Gasteiger partial charge in [-0.2, -0.15) is 4.39 Å². The number of phenols is 1. The second-order valence-corrected chi connectivity index (χ2v) is 3.62. The van der Waals surface area contributed by atoms with Gasteiger partial charge in [-0.1, -0.05) is 6.92 Å². The summed E-state index contributed by atoms with van der Waals surface area (Å²) in [4.78, 5) is 0. The number of methoxy groups -OCH3 is 1. The quantitative estimate of drug-likeness (QED) is 0.806. The molecule has 15 heavy (non-hydrogen) atoms. The van der Waals surface area contributed by atoms with Crippen molar-refractivity contribution in [2.75, 3.05) is 13.7 Å². The lowest BCUT2D eigenvalue weighted by atomic mass is 9.97. The topological polar surface area (TPSA) is 55.5 Å². The Morgan fingerprint density at radius 1 is 1.60 bits per heavy atom. The summed E-state index contributed by atoms with van der Waals surface area (Å²) in [6, 6.07) is 1.70. The zero-order valence-electron chi connectivity index (χ0n) is 9.17. The van der Waals surface area contributed by atoms with Crippen LogP contribution in [0.25, 0.3) is 0 Å². The Bertz CT molecular complexity index is 366. The minimum Gasteiger partial charge on any atom is -0.505 e. The van der Waals surface area contributed by atoms with E-state index in [4.69, 9.17) is 10.5 Å². The lowest BCUT2D eigenvalue weighted by Gasteiger charge is -2.15. The van der Waals surface area contributed by atoms with Gasteiger partial charge in [0.1, 0.15) is 0 Å². The molecule has 3 N–H and O–H groups in total. The first-order valence-electron chi connectivity index (χ1n) is 4.78. The fraction of sp³-hybridized carbons (Fsp3) is 0.455. The van der Waals surface area contributed by atoms with E-state index in [1.54, 1.807) is 13.0 Å². The van der Waals surface area contributed by atoms with E-state index in [0.29, 0.717) is 17.7 Å². The van der Waals surface area contributed by atoms with Crippen LogP contribution < -0.4 is 10.5 Å². The van der Waals surface area contributed by atoms with Crippen molar-refractivity contribution >= 4 is 0 Å². The molecule has 0 aliphatic heterocycles.